The Morgan fingerprint density at radius 1 is 1.29 bits per heavy atom. The Labute approximate surface area is 137 Å². The summed E-state index contributed by atoms with van der Waals surface area (Å²) in [6.45, 7) is 0.971. The van der Waals surface area contributed by atoms with Gasteiger partial charge in [-0.15, -0.1) is 0 Å². The van der Waals surface area contributed by atoms with Crippen molar-refractivity contribution in [2.75, 3.05) is 6.54 Å². The number of rotatable bonds is 3. The fraction of sp³-hybridized carbons (Fsp3) is 0.375. The van der Waals surface area contributed by atoms with Crippen molar-refractivity contribution in [2.45, 2.75) is 25.4 Å². The molecule has 1 aliphatic heterocycles. The molecule has 0 radical (unpaired) electrons. The molecule has 0 unspecified atom stereocenters. The van der Waals surface area contributed by atoms with Crippen LogP contribution in [0.1, 0.15) is 17.7 Å². The summed E-state index contributed by atoms with van der Waals surface area (Å²) < 4.78 is 0. The smallest absolute Gasteiger partial charge is 0.233 e. The highest BCUT2D eigenvalue weighted by molar-refractivity contribution is 5.82. The Hall–Kier alpha value is -2.90. The summed E-state index contributed by atoms with van der Waals surface area (Å²) in [7, 11) is 0. The maximum Gasteiger partial charge on any atom is 0.233 e. The summed E-state index contributed by atoms with van der Waals surface area (Å²) in [5.74, 6) is -0.583. The van der Waals surface area contributed by atoms with Gasteiger partial charge in [0.05, 0.1) is 11.4 Å². The lowest BCUT2D eigenvalue weighted by atomic mass is 10.0. The number of amides is 1. The molecule has 0 spiro atoms. The minimum Gasteiger partial charge on any atom is -0.337 e. The Bertz CT molecular complexity index is 811. The molecule has 1 fully saturated rings. The Kier molecular flexibility index (Phi) is 3.44. The summed E-state index contributed by atoms with van der Waals surface area (Å²) in [6, 6.07) is 4.94. The maximum absolute atomic E-state index is 12.4. The molecule has 0 aromatic carbocycles. The molecule has 2 aromatic heterocycles. The molecular formula is C16H15N5O3. The molecule has 4 rings (SSSR count). The van der Waals surface area contributed by atoms with Crippen LogP contribution in [0.4, 0.5) is 0 Å². The highest BCUT2D eigenvalue weighted by atomic mass is 16.6. The van der Waals surface area contributed by atoms with Crippen molar-refractivity contribution >= 4 is 5.91 Å². The standard InChI is InChI=1S/C16H15N5O3/c22-16(12-8-15(12)21(23)24)20-6-3-13-11(9-20)7-14(19-18-13)10-1-4-17-5-2-10/h1-2,4-5,7,12,15H,3,6,8-9H2/t12-,15-/m1/s1. The Morgan fingerprint density at radius 3 is 2.79 bits per heavy atom. The van der Waals surface area contributed by atoms with Crippen LogP contribution in [0.25, 0.3) is 11.3 Å². The summed E-state index contributed by atoms with van der Waals surface area (Å²) >= 11 is 0. The van der Waals surface area contributed by atoms with Crippen molar-refractivity contribution in [3.8, 4) is 11.3 Å². The van der Waals surface area contributed by atoms with E-state index < -0.39 is 12.0 Å². The van der Waals surface area contributed by atoms with Gasteiger partial charge in [0.25, 0.3) is 0 Å². The van der Waals surface area contributed by atoms with Gasteiger partial charge in [-0.3, -0.25) is 19.9 Å². The third-order valence-electron chi connectivity index (χ3n) is 4.57. The second-order valence-electron chi connectivity index (χ2n) is 6.14. The third kappa shape index (κ3) is 2.60. The van der Waals surface area contributed by atoms with Gasteiger partial charge in [0.2, 0.25) is 11.9 Å². The van der Waals surface area contributed by atoms with Crippen molar-refractivity contribution in [3.63, 3.8) is 0 Å². The van der Waals surface area contributed by atoms with Gasteiger partial charge in [0.15, 0.2) is 0 Å². The number of aromatic nitrogens is 3. The highest BCUT2D eigenvalue weighted by Gasteiger charge is 2.54. The van der Waals surface area contributed by atoms with Crippen molar-refractivity contribution < 1.29 is 9.72 Å². The molecule has 1 aliphatic carbocycles. The molecule has 2 aliphatic rings. The van der Waals surface area contributed by atoms with Crippen LogP contribution < -0.4 is 0 Å². The van der Waals surface area contributed by atoms with Crippen molar-refractivity contribution in [1.82, 2.24) is 20.1 Å². The van der Waals surface area contributed by atoms with E-state index in [9.17, 15) is 14.9 Å². The monoisotopic (exact) mass is 325 g/mol. The van der Waals surface area contributed by atoms with Gasteiger partial charge in [-0.1, -0.05) is 0 Å². The minimum absolute atomic E-state index is 0.121. The normalized spacial score (nSPS) is 21.9. The topological polar surface area (TPSA) is 102 Å². The van der Waals surface area contributed by atoms with E-state index in [0.717, 1.165) is 22.5 Å². The molecule has 0 bridgehead atoms. The van der Waals surface area contributed by atoms with E-state index in [1.807, 2.05) is 18.2 Å². The molecule has 2 aromatic rings. The van der Waals surface area contributed by atoms with E-state index in [1.165, 1.54) is 0 Å². The molecule has 24 heavy (non-hydrogen) atoms. The van der Waals surface area contributed by atoms with Crippen LogP contribution in [0.2, 0.25) is 0 Å². The van der Waals surface area contributed by atoms with Crippen molar-refractivity contribution in [1.29, 1.82) is 0 Å². The molecule has 122 valence electrons. The Balaban J connectivity index is 1.54. The van der Waals surface area contributed by atoms with Gasteiger partial charge < -0.3 is 4.90 Å². The first kappa shape index (κ1) is 14.7. The van der Waals surface area contributed by atoms with E-state index in [-0.39, 0.29) is 10.8 Å². The average molecular weight is 325 g/mol. The Morgan fingerprint density at radius 2 is 2.08 bits per heavy atom. The zero-order chi connectivity index (χ0) is 16.7. The molecule has 8 nitrogen and oxygen atoms in total. The van der Waals surface area contributed by atoms with Crippen LogP contribution >= 0.6 is 0 Å². The SMILES string of the molecule is O=C([C@@H]1C[C@H]1[N+](=O)[O-])N1CCc2nnc(-c3ccncc3)cc2C1. The summed E-state index contributed by atoms with van der Waals surface area (Å²) in [5, 5.41) is 19.3. The number of hydrogen-bond acceptors (Lipinski definition) is 6. The van der Waals surface area contributed by atoms with E-state index in [4.69, 9.17) is 0 Å². The van der Waals surface area contributed by atoms with Gasteiger partial charge in [0.1, 0.15) is 5.92 Å². The number of nitrogens with zero attached hydrogens (tertiary/aromatic N) is 5. The molecule has 3 heterocycles. The molecule has 0 N–H and O–H groups in total. The van der Waals surface area contributed by atoms with Crippen LogP contribution in [0.15, 0.2) is 30.6 Å². The second kappa shape index (κ2) is 5.63. The number of carbonyl (C=O) groups is 1. The first-order chi connectivity index (χ1) is 11.6. The largest absolute Gasteiger partial charge is 0.337 e. The summed E-state index contributed by atoms with van der Waals surface area (Å²) in [5.41, 5.74) is 3.49. The zero-order valence-corrected chi connectivity index (χ0v) is 12.8. The van der Waals surface area contributed by atoms with Crippen LogP contribution in [0, 0.1) is 16.0 Å². The van der Waals surface area contributed by atoms with Crippen LogP contribution in [-0.4, -0.2) is 43.5 Å². The lowest BCUT2D eigenvalue weighted by Crippen LogP contribution is -2.38. The fourth-order valence-electron chi connectivity index (χ4n) is 3.10. The third-order valence-corrected chi connectivity index (χ3v) is 4.57. The molecular weight excluding hydrogens is 310 g/mol. The predicted octanol–water partition coefficient (Wildman–Crippen LogP) is 1.09. The summed E-state index contributed by atoms with van der Waals surface area (Å²) in [4.78, 5) is 28.5. The lowest BCUT2D eigenvalue weighted by molar-refractivity contribution is -0.497. The first-order valence-electron chi connectivity index (χ1n) is 7.81. The molecule has 8 heteroatoms. The molecule has 1 amide bonds. The van der Waals surface area contributed by atoms with E-state index >= 15 is 0 Å². The molecule has 0 saturated heterocycles. The molecule has 2 atom stereocenters. The minimum atomic E-state index is -0.707. The summed E-state index contributed by atoms with van der Waals surface area (Å²) in [6.07, 6.45) is 4.36. The average Bonchev–Trinajstić information content (AvgIpc) is 3.42. The predicted molar refractivity (Wildman–Crippen MR) is 83.3 cm³/mol. The zero-order valence-electron chi connectivity index (χ0n) is 12.8. The number of nitro groups is 1. The fourth-order valence-corrected chi connectivity index (χ4v) is 3.10. The molecule has 1 saturated carbocycles. The van der Waals surface area contributed by atoms with Gasteiger partial charge >= 0.3 is 0 Å². The lowest BCUT2D eigenvalue weighted by Gasteiger charge is -2.28. The number of fused-ring (bicyclic) bond motifs is 1. The van der Waals surface area contributed by atoms with Gasteiger partial charge in [0, 0.05) is 48.8 Å². The maximum atomic E-state index is 12.4. The highest BCUT2D eigenvalue weighted by Crippen LogP contribution is 2.36. The first-order valence-corrected chi connectivity index (χ1v) is 7.81. The van der Waals surface area contributed by atoms with Gasteiger partial charge in [-0.05, 0) is 23.8 Å². The van der Waals surface area contributed by atoms with Crippen LogP contribution in [-0.2, 0) is 17.8 Å². The van der Waals surface area contributed by atoms with Gasteiger partial charge in [-0.25, -0.2) is 0 Å². The van der Waals surface area contributed by atoms with E-state index in [0.29, 0.717) is 25.9 Å². The number of pyridine rings is 1. The van der Waals surface area contributed by atoms with Crippen molar-refractivity contribution in [3.05, 3.63) is 52.0 Å². The van der Waals surface area contributed by atoms with Crippen LogP contribution in [0.5, 0.6) is 0 Å². The number of hydrogen-bond donors (Lipinski definition) is 0. The second-order valence-corrected chi connectivity index (χ2v) is 6.14. The van der Waals surface area contributed by atoms with E-state index in [1.54, 1.807) is 17.3 Å². The van der Waals surface area contributed by atoms with Crippen LogP contribution in [0.3, 0.4) is 0 Å². The van der Waals surface area contributed by atoms with Gasteiger partial charge in [-0.2, -0.15) is 10.2 Å². The van der Waals surface area contributed by atoms with E-state index in [2.05, 4.69) is 15.2 Å². The number of carbonyl (C=O) groups excluding carboxylic acids is 1. The quantitative estimate of drug-likeness (QED) is 0.618. The van der Waals surface area contributed by atoms with Crippen molar-refractivity contribution in [2.24, 2.45) is 5.92 Å².